The zero-order chi connectivity index (χ0) is 19.7. The van der Waals surface area contributed by atoms with E-state index in [0.29, 0.717) is 30.6 Å². The Hall–Kier alpha value is -2.17. The number of carbonyl (C=O) groups excluding carboxylic acids is 3. The Morgan fingerprint density at radius 2 is 1.61 bits per heavy atom. The quantitative estimate of drug-likeness (QED) is 0.554. The summed E-state index contributed by atoms with van der Waals surface area (Å²) in [5, 5.41) is 5.93. The largest absolute Gasteiger partial charge is 0.356 e. The molecule has 0 heterocycles. The minimum Gasteiger partial charge on any atom is -0.356 e. The van der Waals surface area contributed by atoms with Gasteiger partial charge in [0.15, 0.2) is 5.78 Å². The van der Waals surface area contributed by atoms with Crippen molar-refractivity contribution in [3.8, 4) is 0 Å². The summed E-state index contributed by atoms with van der Waals surface area (Å²) in [5.74, 6) is 2.28. The van der Waals surface area contributed by atoms with Crippen molar-refractivity contribution in [3.05, 3.63) is 29.8 Å². The molecule has 0 saturated heterocycles. The summed E-state index contributed by atoms with van der Waals surface area (Å²) >= 11 is 0. The lowest BCUT2D eigenvalue weighted by atomic mass is 9.49. The highest BCUT2D eigenvalue weighted by atomic mass is 16.2. The first-order valence-corrected chi connectivity index (χ1v) is 10.6. The molecule has 4 fully saturated rings. The third kappa shape index (κ3) is 3.85. The van der Waals surface area contributed by atoms with Crippen LogP contribution in [0.5, 0.6) is 0 Å². The van der Waals surface area contributed by atoms with Gasteiger partial charge in [-0.05, 0) is 81.8 Å². The Morgan fingerprint density at radius 3 is 2.21 bits per heavy atom. The molecule has 5 heteroatoms. The average Bonchev–Trinajstić information content (AvgIpc) is 2.64. The number of amides is 2. The normalized spacial score (nSPS) is 30.1. The first kappa shape index (κ1) is 19.2. The number of carbonyl (C=O) groups is 3. The highest BCUT2D eigenvalue weighted by molar-refractivity contribution is 6.03. The van der Waals surface area contributed by atoms with Gasteiger partial charge in [0.05, 0.1) is 5.69 Å². The maximum atomic E-state index is 12.9. The Labute approximate surface area is 166 Å². The summed E-state index contributed by atoms with van der Waals surface area (Å²) in [6, 6.07) is 7.03. The fraction of sp³-hybridized carbons (Fsp3) is 0.609. The number of benzene rings is 1. The van der Waals surface area contributed by atoms with Crippen LogP contribution in [0.1, 0.15) is 68.6 Å². The predicted octanol–water partition coefficient (Wildman–Crippen LogP) is 3.94. The van der Waals surface area contributed by atoms with Crippen molar-refractivity contribution in [1.29, 1.82) is 0 Å². The summed E-state index contributed by atoms with van der Waals surface area (Å²) in [7, 11) is 0. The Kier molecular flexibility index (Phi) is 5.26. The van der Waals surface area contributed by atoms with Crippen molar-refractivity contribution in [1.82, 2.24) is 5.32 Å². The van der Waals surface area contributed by atoms with Crippen LogP contribution in [-0.2, 0) is 9.59 Å². The number of Topliss-reactive ketones (excluding diaryl/α,β-unsaturated/α-hetero) is 1. The molecule has 0 unspecified atom stereocenters. The van der Waals surface area contributed by atoms with Crippen molar-refractivity contribution in [2.75, 3.05) is 11.9 Å². The molecule has 0 radical (unpaired) electrons. The fourth-order valence-electron chi connectivity index (χ4n) is 6.14. The predicted molar refractivity (Wildman–Crippen MR) is 108 cm³/mol. The maximum Gasteiger partial charge on any atom is 0.226 e. The van der Waals surface area contributed by atoms with E-state index >= 15 is 0 Å². The number of ketones is 1. The summed E-state index contributed by atoms with van der Waals surface area (Å²) in [4.78, 5) is 36.8. The van der Waals surface area contributed by atoms with Gasteiger partial charge in [0.2, 0.25) is 11.8 Å². The van der Waals surface area contributed by atoms with E-state index in [1.54, 1.807) is 24.3 Å². The number of hydrogen-bond donors (Lipinski definition) is 2. The third-order valence-corrected chi connectivity index (χ3v) is 6.97. The van der Waals surface area contributed by atoms with E-state index in [1.807, 2.05) is 0 Å². The molecular formula is C23H30N2O3. The van der Waals surface area contributed by atoms with Gasteiger partial charge in [-0.3, -0.25) is 14.4 Å². The lowest BCUT2D eigenvalue weighted by Gasteiger charge is -2.55. The second-order valence-electron chi connectivity index (χ2n) is 9.21. The highest BCUT2D eigenvalue weighted by Crippen LogP contribution is 2.60. The van der Waals surface area contributed by atoms with Gasteiger partial charge in [0.1, 0.15) is 0 Å². The van der Waals surface area contributed by atoms with Gasteiger partial charge >= 0.3 is 0 Å². The van der Waals surface area contributed by atoms with Crippen LogP contribution in [0.15, 0.2) is 24.3 Å². The van der Waals surface area contributed by atoms with Crippen molar-refractivity contribution in [2.24, 2.45) is 23.2 Å². The molecule has 28 heavy (non-hydrogen) atoms. The lowest BCUT2D eigenvalue weighted by Crippen LogP contribution is -2.53. The molecule has 2 N–H and O–H groups in total. The van der Waals surface area contributed by atoms with E-state index < -0.39 is 0 Å². The number of anilines is 1. The minimum atomic E-state index is -0.128. The summed E-state index contributed by atoms with van der Waals surface area (Å²) in [6.07, 6.45) is 8.10. The Morgan fingerprint density at radius 1 is 1.00 bits per heavy atom. The van der Waals surface area contributed by atoms with Gasteiger partial charge < -0.3 is 10.6 Å². The molecule has 4 aliphatic carbocycles. The molecule has 0 aliphatic heterocycles. The minimum absolute atomic E-state index is 0.0706. The molecule has 5 rings (SSSR count). The van der Waals surface area contributed by atoms with E-state index in [4.69, 9.17) is 0 Å². The zero-order valence-corrected chi connectivity index (χ0v) is 16.6. The molecule has 5 nitrogen and oxygen atoms in total. The summed E-state index contributed by atoms with van der Waals surface area (Å²) in [5.41, 5.74) is 0.945. The third-order valence-electron chi connectivity index (χ3n) is 6.97. The Balaban J connectivity index is 1.23. The van der Waals surface area contributed by atoms with Crippen LogP contribution in [0.25, 0.3) is 0 Å². The molecule has 4 bridgehead atoms. The van der Waals surface area contributed by atoms with Crippen molar-refractivity contribution in [2.45, 2.75) is 58.3 Å². The molecule has 1 aromatic carbocycles. The molecule has 0 atom stereocenters. The number of para-hydroxylation sites is 1. The van der Waals surface area contributed by atoms with Crippen molar-refractivity contribution >= 4 is 23.3 Å². The average molecular weight is 383 g/mol. The van der Waals surface area contributed by atoms with Gasteiger partial charge in [-0.2, -0.15) is 0 Å². The molecule has 150 valence electrons. The first-order valence-electron chi connectivity index (χ1n) is 10.6. The molecule has 4 saturated carbocycles. The molecule has 0 aromatic heterocycles. The van der Waals surface area contributed by atoms with Crippen LogP contribution in [0.4, 0.5) is 5.69 Å². The van der Waals surface area contributed by atoms with E-state index in [-0.39, 0.29) is 23.0 Å². The first-order chi connectivity index (χ1) is 13.4. The Bertz CT molecular complexity index is 751. The zero-order valence-electron chi connectivity index (χ0n) is 16.6. The maximum absolute atomic E-state index is 12.9. The van der Waals surface area contributed by atoms with E-state index in [0.717, 1.165) is 37.0 Å². The van der Waals surface area contributed by atoms with Crippen LogP contribution < -0.4 is 10.6 Å². The molecule has 4 aliphatic rings. The van der Waals surface area contributed by atoms with Crippen LogP contribution in [0, 0.1) is 23.2 Å². The van der Waals surface area contributed by atoms with Crippen LogP contribution in [0.3, 0.4) is 0 Å². The highest BCUT2D eigenvalue weighted by Gasteiger charge is 2.54. The van der Waals surface area contributed by atoms with Crippen molar-refractivity contribution in [3.63, 3.8) is 0 Å². The molecule has 2 amide bonds. The van der Waals surface area contributed by atoms with Gasteiger partial charge in [-0.25, -0.2) is 0 Å². The topological polar surface area (TPSA) is 75.3 Å². The van der Waals surface area contributed by atoms with Crippen LogP contribution in [0.2, 0.25) is 0 Å². The molecule has 0 spiro atoms. The van der Waals surface area contributed by atoms with E-state index in [1.165, 1.54) is 26.2 Å². The fourth-order valence-corrected chi connectivity index (χ4v) is 6.14. The SMILES string of the molecule is CC(=O)c1ccccc1NC(=O)CCCNC(=O)C12CC3CC(CC(C3)C1)C2. The number of nitrogens with one attached hydrogen (secondary N) is 2. The van der Waals surface area contributed by atoms with Crippen LogP contribution in [-0.4, -0.2) is 24.1 Å². The smallest absolute Gasteiger partial charge is 0.226 e. The van der Waals surface area contributed by atoms with E-state index in [2.05, 4.69) is 10.6 Å². The second kappa shape index (κ2) is 7.69. The molecule has 1 aromatic rings. The second-order valence-corrected chi connectivity index (χ2v) is 9.21. The van der Waals surface area contributed by atoms with Gasteiger partial charge in [-0.15, -0.1) is 0 Å². The van der Waals surface area contributed by atoms with Crippen LogP contribution >= 0.6 is 0 Å². The van der Waals surface area contributed by atoms with Gasteiger partial charge in [0.25, 0.3) is 0 Å². The molecular weight excluding hydrogens is 352 g/mol. The van der Waals surface area contributed by atoms with Crippen molar-refractivity contribution < 1.29 is 14.4 Å². The summed E-state index contributed by atoms with van der Waals surface area (Å²) < 4.78 is 0. The number of rotatable bonds is 7. The lowest BCUT2D eigenvalue weighted by molar-refractivity contribution is -0.146. The van der Waals surface area contributed by atoms with Gasteiger partial charge in [-0.1, -0.05) is 12.1 Å². The van der Waals surface area contributed by atoms with E-state index in [9.17, 15) is 14.4 Å². The standard InChI is InChI=1S/C23H30N2O3/c1-15(26)19-5-2-3-6-20(19)25-21(27)7-4-8-24-22(28)23-12-16-9-17(13-23)11-18(10-16)14-23/h2-3,5-6,16-18H,4,7-14H2,1H3,(H,24,28)(H,25,27). The van der Waals surface area contributed by atoms with Gasteiger partial charge in [0, 0.05) is 23.9 Å². The number of hydrogen-bond acceptors (Lipinski definition) is 3. The monoisotopic (exact) mass is 382 g/mol. The summed E-state index contributed by atoms with van der Waals surface area (Å²) in [6.45, 7) is 2.02.